The van der Waals surface area contributed by atoms with E-state index in [0.717, 1.165) is 44.8 Å². The van der Waals surface area contributed by atoms with Crippen LogP contribution in [0.25, 0.3) is 0 Å². The van der Waals surface area contributed by atoms with Gasteiger partial charge in [0.25, 0.3) is 0 Å². The highest BCUT2D eigenvalue weighted by molar-refractivity contribution is 7.92. The molecule has 1 aromatic rings. The molecule has 0 atom stereocenters. The maximum Gasteiger partial charge on any atom is 0.240 e. The molecule has 2 rings (SSSR count). The Morgan fingerprint density at radius 3 is 1.95 bits per heavy atom. The van der Waals surface area contributed by atoms with Crippen LogP contribution in [0.3, 0.4) is 0 Å². The van der Waals surface area contributed by atoms with E-state index in [-0.39, 0.29) is 10.9 Å². The minimum atomic E-state index is -3.56. The topological polar surface area (TPSA) is 92.3 Å². The van der Waals surface area contributed by atoms with E-state index in [1.807, 2.05) is 0 Å². The molecule has 1 aliphatic carbocycles. The minimum Gasteiger partial charge on any atom is -0.284 e. The summed E-state index contributed by atoms with van der Waals surface area (Å²) >= 11 is 0. The summed E-state index contributed by atoms with van der Waals surface area (Å²) in [7, 11) is -6.93. The molecule has 0 bridgehead atoms. The molecule has 0 amide bonds. The quantitative estimate of drug-likeness (QED) is 0.798. The van der Waals surface area contributed by atoms with Gasteiger partial charge in [0.15, 0.2) is 0 Å². The molecule has 6 nitrogen and oxygen atoms in total. The van der Waals surface area contributed by atoms with E-state index in [0.29, 0.717) is 5.69 Å². The van der Waals surface area contributed by atoms with Crippen molar-refractivity contribution < 1.29 is 16.8 Å². The van der Waals surface area contributed by atoms with Crippen molar-refractivity contribution in [3.8, 4) is 0 Å². The lowest BCUT2D eigenvalue weighted by molar-refractivity contribution is 0.510. The molecule has 1 aromatic carbocycles. The molecule has 0 aliphatic heterocycles. The summed E-state index contributed by atoms with van der Waals surface area (Å²) in [6.07, 6.45) is 7.19. The first-order valence-corrected chi connectivity index (χ1v) is 10.7. The molecule has 1 saturated carbocycles. The number of benzene rings is 1. The van der Waals surface area contributed by atoms with Gasteiger partial charge in [0.1, 0.15) is 0 Å². The maximum absolute atomic E-state index is 12.4. The zero-order chi connectivity index (χ0) is 16.2. The fourth-order valence-corrected chi connectivity index (χ4v) is 4.47. The van der Waals surface area contributed by atoms with Crippen molar-refractivity contribution in [2.45, 2.75) is 49.5 Å². The molecule has 0 saturated heterocycles. The van der Waals surface area contributed by atoms with E-state index in [4.69, 9.17) is 0 Å². The van der Waals surface area contributed by atoms with E-state index in [9.17, 15) is 16.8 Å². The summed E-state index contributed by atoms with van der Waals surface area (Å²) in [6.45, 7) is 0. The van der Waals surface area contributed by atoms with Crippen molar-refractivity contribution >= 4 is 25.7 Å². The van der Waals surface area contributed by atoms with Crippen LogP contribution in [-0.4, -0.2) is 29.1 Å². The SMILES string of the molecule is CS(=O)(=O)Nc1ccc(S(=O)(=O)NC2CCCCCC2)cc1. The average Bonchev–Trinajstić information content (AvgIpc) is 2.65. The zero-order valence-electron chi connectivity index (χ0n) is 12.6. The molecule has 1 fully saturated rings. The van der Waals surface area contributed by atoms with Gasteiger partial charge in [-0.15, -0.1) is 0 Å². The summed E-state index contributed by atoms with van der Waals surface area (Å²) in [4.78, 5) is 0.149. The molecular formula is C14H22N2O4S2. The average molecular weight is 346 g/mol. The Bertz CT molecular complexity index is 689. The molecule has 1 aliphatic rings. The number of hydrogen-bond donors (Lipinski definition) is 2. The van der Waals surface area contributed by atoms with Gasteiger partial charge >= 0.3 is 0 Å². The van der Waals surface area contributed by atoms with Crippen LogP contribution in [0.4, 0.5) is 5.69 Å². The molecule has 0 aromatic heterocycles. The molecule has 8 heteroatoms. The number of sulfonamides is 2. The van der Waals surface area contributed by atoms with Crippen molar-refractivity contribution in [3.05, 3.63) is 24.3 Å². The molecular weight excluding hydrogens is 324 g/mol. The van der Waals surface area contributed by atoms with Gasteiger partial charge in [-0.05, 0) is 37.1 Å². The highest BCUT2D eigenvalue weighted by Crippen LogP contribution is 2.20. The minimum absolute atomic E-state index is 0.0127. The number of anilines is 1. The third-order valence-electron chi connectivity index (χ3n) is 3.64. The second kappa shape index (κ2) is 6.97. The van der Waals surface area contributed by atoms with E-state index < -0.39 is 20.0 Å². The summed E-state index contributed by atoms with van der Waals surface area (Å²) in [5, 5.41) is 0. The van der Waals surface area contributed by atoms with Crippen LogP contribution >= 0.6 is 0 Å². The predicted molar refractivity (Wildman–Crippen MR) is 86.7 cm³/mol. The number of rotatable bonds is 5. The highest BCUT2D eigenvalue weighted by Gasteiger charge is 2.21. The van der Waals surface area contributed by atoms with Crippen molar-refractivity contribution in [2.75, 3.05) is 11.0 Å². The Labute approximate surface area is 132 Å². The third kappa shape index (κ3) is 5.26. The molecule has 124 valence electrons. The van der Waals surface area contributed by atoms with Gasteiger partial charge in [-0.25, -0.2) is 21.6 Å². The van der Waals surface area contributed by atoms with E-state index >= 15 is 0 Å². The fourth-order valence-electron chi connectivity index (χ4n) is 2.60. The van der Waals surface area contributed by atoms with Crippen molar-refractivity contribution in [2.24, 2.45) is 0 Å². The Morgan fingerprint density at radius 2 is 1.45 bits per heavy atom. The van der Waals surface area contributed by atoms with Crippen LogP contribution in [0.2, 0.25) is 0 Å². The van der Waals surface area contributed by atoms with Crippen LogP contribution < -0.4 is 9.44 Å². The highest BCUT2D eigenvalue weighted by atomic mass is 32.2. The van der Waals surface area contributed by atoms with Crippen LogP contribution in [0.1, 0.15) is 38.5 Å². The molecule has 0 unspecified atom stereocenters. The Kier molecular flexibility index (Phi) is 5.46. The summed E-state index contributed by atoms with van der Waals surface area (Å²) in [5.41, 5.74) is 0.343. The van der Waals surface area contributed by atoms with Crippen LogP contribution in [-0.2, 0) is 20.0 Å². The molecule has 22 heavy (non-hydrogen) atoms. The Hall–Kier alpha value is -1.12. The van der Waals surface area contributed by atoms with Gasteiger partial charge in [0.2, 0.25) is 20.0 Å². The van der Waals surface area contributed by atoms with Crippen molar-refractivity contribution in [1.29, 1.82) is 0 Å². The van der Waals surface area contributed by atoms with E-state index in [2.05, 4.69) is 9.44 Å². The lowest BCUT2D eigenvalue weighted by atomic mass is 10.1. The lowest BCUT2D eigenvalue weighted by Crippen LogP contribution is -2.34. The largest absolute Gasteiger partial charge is 0.284 e. The molecule has 0 spiro atoms. The fraction of sp³-hybridized carbons (Fsp3) is 0.571. The van der Waals surface area contributed by atoms with Gasteiger partial charge in [0, 0.05) is 11.7 Å². The van der Waals surface area contributed by atoms with E-state index in [1.54, 1.807) is 0 Å². The second-order valence-electron chi connectivity index (χ2n) is 5.71. The standard InChI is InChI=1S/C14H22N2O4S2/c1-21(17,18)15-13-8-10-14(11-9-13)22(19,20)16-12-6-4-2-3-5-7-12/h8-12,15-16H,2-7H2,1H3. The van der Waals surface area contributed by atoms with Gasteiger partial charge in [0.05, 0.1) is 11.2 Å². The van der Waals surface area contributed by atoms with Gasteiger partial charge in [-0.1, -0.05) is 25.7 Å². The van der Waals surface area contributed by atoms with Gasteiger partial charge in [-0.3, -0.25) is 4.72 Å². The smallest absolute Gasteiger partial charge is 0.240 e. The summed E-state index contributed by atoms with van der Waals surface area (Å²) < 4.78 is 52.1. The number of nitrogens with one attached hydrogen (secondary N) is 2. The van der Waals surface area contributed by atoms with Crippen LogP contribution in [0.5, 0.6) is 0 Å². The monoisotopic (exact) mass is 346 g/mol. The normalized spacial score (nSPS) is 17.9. The first-order valence-electron chi connectivity index (χ1n) is 7.36. The third-order valence-corrected chi connectivity index (χ3v) is 5.79. The van der Waals surface area contributed by atoms with E-state index in [1.165, 1.54) is 24.3 Å². The lowest BCUT2D eigenvalue weighted by Gasteiger charge is -2.16. The molecule has 2 N–H and O–H groups in total. The van der Waals surface area contributed by atoms with Crippen molar-refractivity contribution in [1.82, 2.24) is 4.72 Å². The zero-order valence-corrected chi connectivity index (χ0v) is 14.2. The predicted octanol–water partition coefficient (Wildman–Crippen LogP) is 2.06. The van der Waals surface area contributed by atoms with Crippen LogP contribution in [0.15, 0.2) is 29.2 Å². The number of hydrogen-bond acceptors (Lipinski definition) is 4. The molecule has 0 radical (unpaired) electrons. The first-order chi connectivity index (χ1) is 10.3. The summed E-state index contributed by atoms with van der Waals surface area (Å²) in [5.74, 6) is 0. The van der Waals surface area contributed by atoms with Gasteiger partial charge < -0.3 is 0 Å². The summed E-state index contributed by atoms with van der Waals surface area (Å²) in [6, 6.07) is 5.70. The Morgan fingerprint density at radius 1 is 0.909 bits per heavy atom. The van der Waals surface area contributed by atoms with Crippen molar-refractivity contribution in [3.63, 3.8) is 0 Å². The second-order valence-corrected chi connectivity index (χ2v) is 9.17. The molecule has 0 heterocycles. The van der Waals surface area contributed by atoms with Gasteiger partial charge in [-0.2, -0.15) is 0 Å². The maximum atomic E-state index is 12.4. The van der Waals surface area contributed by atoms with Crippen LogP contribution in [0, 0.1) is 0 Å². The Balaban J connectivity index is 2.08. The first kappa shape index (κ1) is 17.2.